The zero-order valence-electron chi connectivity index (χ0n) is 13.2. The average molecular weight is 345 g/mol. The van der Waals surface area contributed by atoms with E-state index in [4.69, 9.17) is 32.7 Å². The van der Waals surface area contributed by atoms with Crippen LogP contribution in [0.15, 0.2) is 24.3 Å². The molecule has 1 aromatic rings. The fourth-order valence-corrected chi connectivity index (χ4v) is 2.72. The quantitative estimate of drug-likeness (QED) is 0.403. The minimum atomic E-state index is -1.02. The van der Waals surface area contributed by atoms with Gasteiger partial charge in [-0.2, -0.15) is 0 Å². The molecule has 1 fully saturated rings. The van der Waals surface area contributed by atoms with Gasteiger partial charge in [-0.25, -0.2) is 4.79 Å². The van der Waals surface area contributed by atoms with Crippen LogP contribution in [-0.4, -0.2) is 22.5 Å². The van der Waals surface area contributed by atoms with Crippen LogP contribution in [0.5, 0.6) is 5.75 Å². The van der Waals surface area contributed by atoms with Gasteiger partial charge < -0.3 is 9.47 Å². The Kier molecular flexibility index (Phi) is 5.29. The predicted octanol–water partition coefficient (Wildman–Crippen LogP) is 4.85. The van der Waals surface area contributed by atoms with Gasteiger partial charge in [-0.3, -0.25) is 0 Å². The molecule has 0 saturated heterocycles. The second-order valence-electron chi connectivity index (χ2n) is 6.19. The first-order valence-electron chi connectivity index (χ1n) is 7.60. The predicted molar refractivity (Wildman–Crippen MR) is 88.8 cm³/mol. The Labute approximate surface area is 141 Å². The van der Waals surface area contributed by atoms with Crippen molar-refractivity contribution >= 4 is 29.2 Å². The summed E-state index contributed by atoms with van der Waals surface area (Å²) < 4.78 is 10.3. The minimum Gasteiger partial charge on any atom is -0.476 e. The fourth-order valence-electron chi connectivity index (χ4n) is 2.16. The minimum absolute atomic E-state index is 0.178. The van der Waals surface area contributed by atoms with Crippen LogP contribution in [0.25, 0.3) is 0 Å². The molecule has 0 N–H and O–H groups in total. The number of benzene rings is 1. The molecular formula is C17H22Cl2O3. The summed E-state index contributed by atoms with van der Waals surface area (Å²) in [6, 6.07) is 7.53. The molecule has 1 aromatic carbocycles. The van der Waals surface area contributed by atoms with Crippen molar-refractivity contribution < 1.29 is 14.3 Å². The summed E-state index contributed by atoms with van der Waals surface area (Å²) in [5.74, 6) is 0.446. The van der Waals surface area contributed by atoms with E-state index in [1.165, 1.54) is 0 Å². The summed E-state index contributed by atoms with van der Waals surface area (Å²) in [4.78, 5) is 12.0. The van der Waals surface area contributed by atoms with Crippen LogP contribution in [0.4, 0.5) is 0 Å². The number of ether oxygens (including phenoxy) is 2. The van der Waals surface area contributed by atoms with Crippen molar-refractivity contribution in [2.75, 3.05) is 6.61 Å². The van der Waals surface area contributed by atoms with Gasteiger partial charge >= 0.3 is 5.97 Å². The number of esters is 1. The summed E-state index contributed by atoms with van der Waals surface area (Å²) >= 11 is 12.1. The lowest BCUT2D eigenvalue weighted by molar-refractivity contribution is -0.159. The van der Waals surface area contributed by atoms with Crippen LogP contribution in [0.2, 0.25) is 0 Å². The van der Waals surface area contributed by atoms with Gasteiger partial charge in [0.15, 0.2) is 5.60 Å². The lowest BCUT2D eigenvalue weighted by atomic mass is 10.1. The van der Waals surface area contributed by atoms with Gasteiger partial charge in [-0.1, -0.05) is 25.5 Å². The van der Waals surface area contributed by atoms with Crippen molar-refractivity contribution in [1.82, 2.24) is 0 Å². The molecule has 1 aliphatic carbocycles. The molecule has 22 heavy (non-hydrogen) atoms. The van der Waals surface area contributed by atoms with Gasteiger partial charge in [0, 0.05) is 5.92 Å². The highest BCUT2D eigenvalue weighted by molar-refractivity contribution is 6.51. The first-order chi connectivity index (χ1) is 10.3. The number of unbranched alkanes of at least 4 members (excludes halogenated alkanes) is 1. The highest BCUT2D eigenvalue weighted by Gasteiger charge is 2.52. The van der Waals surface area contributed by atoms with E-state index in [2.05, 4.69) is 0 Å². The normalized spacial score (nSPS) is 19.6. The Bertz CT molecular complexity index is 523. The topological polar surface area (TPSA) is 35.5 Å². The standard InChI is InChI=1S/C17H22Cl2O3/c1-4-5-10-21-15(20)16(2,3)22-13-8-6-12(7-9-13)14-11-17(14,18)19/h6-9,14H,4-5,10-11H2,1-3H3. The van der Waals surface area contributed by atoms with E-state index in [0.29, 0.717) is 12.4 Å². The van der Waals surface area contributed by atoms with Crippen molar-refractivity contribution in [1.29, 1.82) is 0 Å². The van der Waals surface area contributed by atoms with Crippen LogP contribution in [-0.2, 0) is 9.53 Å². The van der Waals surface area contributed by atoms with Gasteiger partial charge in [0.05, 0.1) is 6.61 Å². The summed E-state index contributed by atoms with van der Waals surface area (Å²) in [7, 11) is 0. The highest BCUT2D eigenvalue weighted by atomic mass is 35.5. The second kappa shape index (κ2) is 6.67. The maximum absolute atomic E-state index is 12.0. The largest absolute Gasteiger partial charge is 0.476 e. The first-order valence-corrected chi connectivity index (χ1v) is 8.36. The molecule has 5 heteroatoms. The van der Waals surface area contributed by atoms with E-state index < -0.39 is 9.93 Å². The Morgan fingerprint density at radius 3 is 2.41 bits per heavy atom. The Hall–Kier alpha value is -0.930. The average Bonchev–Trinajstić information content (AvgIpc) is 3.08. The van der Waals surface area contributed by atoms with Crippen LogP contribution in [0, 0.1) is 0 Å². The molecule has 0 radical (unpaired) electrons. The molecule has 1 atom stereocenters. The third-order valence-corrected chi connectivity index (χ3v) is 4.54. The van der Waals surface area contributed by atoms with Gasteiger partial charge in [0.25, 0.3) is 0 Å². The Balaban J connectivity index is 1.93. The lowest BCUT2D eigenvalue weighted by Gasteiger charge is -2.24. The number of carbonyl (C=O) groups excluding carboxylic acids is 1. The van der Waals surface area contributed by atoms with Gasteiger partial charge in [-0.05, 0) is 44.4 Å². The fraction of sp³-hybridized carbons (Fsp3) is 0.588. The lowest BCUT2D eigenvalue weighted by Crippen LogP contribution is -2.39. The molecule has 0 heterocycles. The molecule has 0 aromatic heterocycles. The van der Waals surface area contributed by atoms with Crippen LogP contribution in [0.1, 0.15) is 51.5 Å². The molecule has 122 valence electrons. The molecule has 1 unspecified atom stereocenters. The Morgan fingerprint density at radius 1 is 1.32 bits per heavy atom. The van der Waals surface area contributed by atoms with E-state index in [1.54, 1.807) is 13.8 Å². The summed E-state index contributed by atoms with van der Waals surface area (Å²) in [6.07, 6.45) is 2.61. The molecule has 1 aliphatic rings. The molecule has 1 saturated carbocycles. The number of halogens is 2. The number of hydrogen-bond acceptors (Lipinski definition) is 3. The van der Waals surface area contributed by atoms with Gasteiger partial charge in [-0.15, -0.1) is 23.2 Å². The van der Waals surface area contributed by atoms with Crippen LogP contribution >= 0.6 is 23.2 Å². The van der Waals surface area contributed by atoms with Crippen molar-refractivity contribution in [3.63, 3.8) is 0 Å². The van der Waals surface area contributed by atoms with Crippen molar-refractivity contribution in [3.8, 4) is 5.75 Å². The molecule has 0 spiro atoms. The summed E-state index contributed by atoms with van der Waals surface area (Å²) in [5.41, 5.74) is 0.0677. The van der Waals surface area contributed by atoms with Crippen LogP contribution in [0.3, 0.4) is 0 Å². The molecular weight excluding hydrogens is 323 g/mol. The van der Waals surface area contributed by atoms with Crippen molar-refractivity contribution in [2.45, 2.75) is 55.9 Å². The third-order valence-electron chi connectivity index (χ3n) is 3.70. The number of rotatable bonds is 7. The van der Waals surface area contributed by atoms with Gasteiger partial charge in [0.1, 0.15) is 10.1 Å². The third kappa shape index (κ3) is 4.30. The number of carbonyl (C=O) groups is 1. The number of hydrogen-bond donors (Lipinski definition) is 0. The first kappa shape index (κ1) is 17.4. The SMILES string of the molecule is CCCCOC(=O)C(C)(C)Oc1ccc(C2CC2(Cl)Cl)cc1. The van der Waals surface area contributed by atoms with E-state index in [0.717, 1.165) is 24.8 Å². The summed E-state index contributed by atoms with van der Waals surface area (Å²) in [6.45, 7) is 5.89. The van der Waals surface area contributed by atoms with Crippen molar-refractivity contribution in [2.24, 2.45) is 0 Å². The van der Waals surface area contributed by atoms with E-state index in [1.807, 2.05) is 31.2 Å². The maximum Gasteiger partial charge on any atom is 0.349 e. The van der Waals surface area contributed by atoms with Crippen LogP contribution < -0.4 is 4.74 Å². The van der Waals surface area contributed by atoms with E-state index >= 15 is 0 Å². The molecule has 0 amide bonds. The zero-order valence-corrected chi connectivity index (χ0v) is 14.7. The van der Waals surface area contributed by atoms with E-state index in [9.17, 15) is 4.79 Å². The molecule has 0 aliphatic heterocycles. The molecule has 3 nitrogen and oxygen atoms in total. The second-order valence-corrected chi connectivity index (χ2v) is 7.73. The van der Waals surface area contributed by atoms with Crippen molar-refractivity contribution in [3.05, 3.63) is 29.8 Å². The molecule has 0 bridgehead atoms. The summed E-state index contributed by atoms with van der Waals surface area (Å²) in [5, 5.41) is 0. The molecule has 2 rings (SSSR count). The van der Waals surface area contributed by atoms with E-state index in [-0.39, 0.29) is 11.9 Å². The number of alkyl halides is 2. The highest BCUT2D eigenvalue weighted by Crippen LogP contribution is 2.59. The smallest absolute Gasteiger partial charge is 0.349 e. The monoisotopic (exact) mass is 344 g/mol. The zero-order chi connectivity index (χ0) is 16.4. The maximum atomic E-state index is 12.0. The van der Waals surface area contributed by atoms with Gasteiger partial charge in [0.2, 0.25) is 0 Å². The Morgan fingerprint density at radius 2 is 1.91 bits per heavy atom.